The highest BCUT2D eigenvalue weighted by Gasteiger charge is 2.99. The van der Waals surface area contributed by atoms with Crippen LogP contribution in [-0.4, -0.2) is 82.5 Å². The van der Waals surface area contributed by atoms with E-state index in [0.717, 1.165) is 0 Å². The van der Waals surface area contributed by atoms with Crippen LogP contribution in [-0.2, 0) is 0 Å². The van der Waals surface area contributed by atoms with Crippen LogP contribution in [0.4, 0.5) is 110 Å². The van der Waals surface area contributed by atoms with Gasteiger partial charge in [0.2, 0.25) is 0 Å². The summed E-state index contributed by atoms with van der Waals surface area (Å²) in [5, 5.41) is 9.00. The van der Waals surface area contributed by atoms with Gasteiger partial charge in [-0.2, -0.15) is 110 Å². The summed E-state index contributed by atoms with van der Waals surface area (Å²) in [4.78, 5) is 0. The average molecular weight is 720 g/mol. The number of hydrogen-bond donors (Lipinski definition) is 1. The molecule has 0 saturated heterocycles. The number of rotatable bonds is 15. The van der Waals surface area contributed by atoms with Gasteiger partial charge in [-0.15, -0.1) is 0 Å². The fraction of sp³-hybridized carbons (Fsp3) is 1.00. The summed E-state index contributed by atoms with van der Waals surface area (Å²) >= 11 is 0. The van der Waals surface area contributed by atoms with Gasteiger partial charge < -0.3 is 5.11 Å². The Bertz CT molecular complexity index is 992. The van der Waals surface area contributed by atoms with E-state index in [0.29, 0.717) is 0 Å². The van der Waals surface area contributed by atoms with Crippen molar-refractivity contribution in [3.8, 4) is 0 Å². The third-order valence-electron chi connectivity index (χ3n) is 5.82. The van der Waals surface area contributed by atoms with Crippen LogP contribution in [0, 0.1) is 0 Å². The number of hydrogen-bond acceptors (Lipinski definition) is 1. The molecule has 0 rings (SSSR count). The van der Waals surface area contributed by atoms with E-state index in [1.807, 2.05) is 0 Å². The summed E-state index contributed by atoms with van der Waals surface area (Å²) in [7, 11) is 0. The lowest BCUT2D eigenvalue weighted by atomic mass is 9.83. The Labute approximate surface area is 226 Å². The van der Waals surface area contributed by atoms with E-state index in [9.17, 15) is 110 Å². The minimum absolute atomic E-state index is 0.0259. The average Bonchev–Trinajstić information content (AvgIpc) is 2.81. The molecule has 0 aliphatic carbocycles. The lowest BCUT2D eigenvalue weighted by molar-refractivity contribution is -0.483. The smallest absolute Gasteiger partial charge is 0.387 e. The predicted octanol–water partition coefficient (Wildman–Crippen LogP) is 9.48. The van der Waals surface area contributed by atoms with E-state index in [2.05, 4.69) is 0 Å². The molecular formula is C18H13F25O. The third kappa shape index (κ3) is 5.28. The quantitative estimate of drug-likeness (QED) is 0.132. The molecule has 1 atom stereocenters. The minimum atomic E-state index is -9.62. The molecule has 0 aliphatic rings. The molecule has 0 saturated carbocycles. The van der Waals surface area contributed by atoms with Gasteiger partial charge in [0.15, 0.2) is 0 Å². The summed E-state index contributed by atoms with van der Waals surface area (Å²) in [5.74, 6) is -99.0. The molecule has 0 aromatic heterocycles. The first-order valence-electron chi connectivity index (χ1n) is 10.6. The standard InChI is InChI=1S/C18H13F25O/c1-2-3-4-5-6(44)7(19,20)8(21,22)9(23,24)10(25,26)11(27,28)12(29,30)13(31,32)14(33,34)15(35,36)16(37,38)17(39,40)18(41,42)43/h6,44H,2-5H2,1H3. The molecule has 26 heteroatoms. The van der Waals surface area contributed by atoms with Crippen LogP contribution in [0.15, 0.2) is 0 Å². The van der Waals surface area contributed by atoms with Gasteiger partial charge in [0.05, 0.1) is 0 Å². The Kier molecular flexibility index (Phi) is 10.7. The Hall–Kier alpha value is -1.79. The predicted molar refractivity (Wildman–Crippen MR) is 90.6 cm³/mol. The lowest BCUT2D eigenvalue weighted by Gasteiger charge is -2.46. The number of halogens is 25. The van der Waals surface area contributed by atoms with Crippen molar-refractivity contribution in [3.05, 3.63) is 0 Å². The maximum atomic E-state index is 13.8. The molecule has 0 fully saturated rings. The van der Waals surface area contributed by atoms with Crippen LogP contribution in [0.1, 0.15) is 32.6 Å². The Morgan fingerprint density at radius 2 is 0.591 bits per heavy atom. The van der Waals surface area contributed by atoms with E-state index in [1.54, 1.807) is 0 Å². The molecule has 44 heavy (non-hydrogen) atoms. The van der Waals surface area contributed by atoms with Crippen molar-refractivity contribution >= 4 is 0 Å². The molecule has 0 aromatic carbocycles. The summed E-state index contributed by atoms with van der Waals surface area (Å²) in [6.45, 7) is 1.24. The molecule has 0 aromatic rings. The van der Waals surface area contributed by atoms with Gasteiger partial charge in [-0.05, 0) is 6.42 Å². The van der Waals surface area contributed by atoms with E-state index in [4.69, 9.17) is 5.11 Å². The second kappa shape index (κ2) is 11.2. The number of alkyl halides is 25. The van der Waals surface area contributed by atoms with Crippen molar-refractivity contribution in [2.75, 3.05) is 0 Å². The molecule has 0 radical (unpaired) electrons. The van der Waals surface area contributed by atoms with E-state index in [1.165, 1.54) is 6.92 Å². The number of aliphatic hydroxyl groups excluding tert-OH is 1. The normalized spacial score (nSPS) is 17.2. The van der Waals surface area contributed by atoms with Crippen LogP contribution in [0.25, 0.3) is 0 Å². The Morgan fingerprint density at radius 3 is 0.818 bits per heavy atom. The Balaban J connectivity index is 7.23. The zero-order chi connectivity index (χ0) is 36.4. The van der Waals surface area contributed by atoms with Crippen molar-refractivity contribution in [2.24, 2.45) is 0 Å². The van der Waals surface area contributed by atoms with Crippen molar-refractivity contribution < 1.29 is 115 Å². The molecule has 0 aliphatic heterocycles. The molecule has 1 nitrogen and oxygen atoms in total. The summed E-state index contributed by atoms with van der Waals surface area (Å²) in [6.07, 6.45) is -15.4. The van der Waals surface area contributed by atoms with Gasteiger partial charge in [0, 0.05) is 0 Å². The highest BCUT2D eigenvalue weighted by molar-refractivity contribution is 5.20. The molecule has 0 spiro atoms. The van der Waals surface area contributed by atoms with E-state index < -0.39 is 90.3 Å². The van der Waals surface area contributed by atoms with Crippen molar-refractivity contribution in [1.82, 2.24) is 0 Å². The molecule has 0 bridgehead atoms. The van der Waals surface area contributed by atoms with Crippen LogP contribution < -0.4 is 0 Å². The van der Waals surface area contributed by atoms with Crippen LogP contribution in [0.3, 0.4) is 0 Å². The first-order chi connectivity index (χ1) is 18.7. The third-order valence-corrected chi connectivity index (χ3v) is 5.82. The largest absolute Gasteiger partial charge is 0.460 e. The van der Waals surface area contributed by atoms with Crippen molar-refractivity contribution in [2.45, 2.75) is 110 Å². The van der Waals surface area contributed by atoms with Crippen molar-refractivity contribution in [3.63, 3.8) is 0 Å². The minimum Gasteiger partial charge on any atom is -0.387 e. The summed E-state index contributed by atoms with van der Waals surface area (Å²) in [5.41, 5.74) is 0. The first kappa shape index (κ1) is 42.2. The fourth-order valence-electron chi connectivity index (χ4n) is 2.94. The number of unbranched alkanes of at least 4 members (excludes halogenated alkanes) is 2. The van der Waals surface area contributed by atoms with Gasteiger partial charge >= 0.3 is 71.3 Å². The SMILES string of the molecule is CCCCCC(O)C(F)(F)C(F)(F)C(F)(F)C(F)(F)C(F)(F)C(F)(F)C(F)(F)C(F)(F)C(F)(F)C(F)(F)C(F)(F)C(F)(F)F. The molecular weight excluding hydrogens is 707 g/mol. The molecule has 266 valence electrons. The van der Waals surface area contributed by atoms with Gasteiger partial charge in [0.25, 0.3) is 0 Å². The lowest BCUT2D eigenvalue weighted by Crippen LogP contribution is -2.78. The van der Waals surface area contributed by atoms with Gasteiger partial charge in [-0.3, -0.25) is 0 Å². The van der Waals surface area contributed by atoms with Gasteiger partial charge in [-0.1, -0.05) is 26.2 Å². The topological polar surface area (TPSA) is 20.2 Å². The van der Waals surface area contributed by atoms with E-state index >= 15 is 0 Å². The highest BCUT2D eigenvalue weighted by atomic mass is 19.4. The zero-order valence-corrected chi connectivity index (χ0v) is 20.3. The maximum Gasteiger partial charge on any atom is 0.460 e. The summed E-state index contributed by atoms with van der Waals surface area (Å²) < 4.78 is 334. The van der Waals surface area contributed by atoms with Crippen LogP contribution in [0.5, 0.6) is 0 Å². The Morgan fingerprint density at radius 1 is 0.364 bits per heavy atom. The second-order valence-corrected chi connectivity index (χ2v) is 8.88. The second-order valence-electron chi connectivity index (χ2n) is 8.88. The molecule has 0 heterocycles. The molecule has 1 unspecified atom stereocenters. The highest BCUT2D eigenvalue weighted by Crippen LogP contribution is 2.67. The van der Waals surface area contributed by atoms with Crippen molar-refractivity contribution in [1.29, 1.82) is 0 Å². The summed E-state index contributed by atoms with van der Waals surface area (Å²) in [6, 6.07) is 0. The van der Waals surface area contributed by atoms with Crippen LogP contribution >= 0.6 is 0 Å². The fourth-order valence-corrected chi connectivity index (χ4v) is 2.94. The van der Waals surface area contributed by atoms with Gasteiger partial charge in [0.1, 0.15) is 6.10 Å². The molecule has 0 amide bonds. The maximum absolute atomic E-state index is 13.8. The zero-order valence-electron chi connectivity index (χ0n) is 20.3. The monoisotopic (exact) mass is 720 g/mol. The molecule has 1 N–H and O–H groups in total. The van der Waals surface area contributed by atoms with Crippen LogP contribution in [0.2, 0.25) is 0 Å². The number of aliphatic hydroxyl groups is 1. The van der Waals surface area contributed by atoms with Gasteiger partial charge in [-0.25, -0.2) is 0 Å². The first-order valence-corrected chi connectivity index (χ1v) is 10.6. The van der Waals surface area contributed by atoms with E-state index in [-0.39, 0.29) is 12.8 Å².